The van der Waals surface area contributed by atoms with Crippen molar-refractivity contribution in [3.05, 3.63) is 23.3 Å². The Kier molecular flexibility index (Phi) is 4.92. The Balaban J connectivity index is 2.52. The predicted octanol–water partition coefficient (Wildman–Crippen LogP) is 3.43. The zero-order valence-electron chi connectivity index (χ0n) is 13.0. The van der Waals surface area contributed by atoms with Crippen molar-refractivity contribution < 1.29 is 9.47 Å². The van der Waals surface area contributed by atoms with E-state index >= 15 is 0 Å². The summed E-state index contributed by atoms with van der Waals surface area (Å²) in [4.78, 5) is 0. The van der Waals surface area contributed by atoms with Crippen LogP contribution in [-0.4, -0.2) is 20.8 Å². The van der Waals surface area contributed by atoms with Crippen molar-refractivity contribution in [3.8, 4) is 11.5 Å². The standard InChI is InChI=1S/C17H27NO2/c1-4-13-10-16(20-3)14(11-15(13)19-2)17(12-18)8-6-5-7-9-17/h10-11H,4-9,12,18H2,1-3H3. The van der Waals surface area contributed by atoms with E-state index in [1.54, 1.807) is 14.2 Å². The largest absolute Gasteiger partial charge is 0.496 e. The second-order valence-corrected chi connectivity index (χ2v) is 5.76. The summed E-state index contributed by atoms with van der Waals surface area (Å²) in [6, 6.07) is 4.29. The maximum Gasteiger partial charge on any atom is 0.123 e. The van der Waals surface area contributed by atoms with Crippen molar-refractivity contribution in [3.63, 3.8) is 0 Å². The van der Waals surface area contributed by atoms with Crippen LogP contribution >= 0.6 is 0 Å². The summed E-state index contributed by atoms with van der Waals surface area (Å²) in [6.45, 7) is 2.81. The summed E-state index contributed by atoms with van der Waals surface area (Å²) >= 11 is 0. The van der Waals surface area contributed by atoms with Crippen LogP contribution in [0, 0.1) is 0 Å². The highest BCUT2D eigenvalue weighted by Crippen LogP contribution is 2.44. The molecule has 1 saturated carbocycles. The van der Waals surface area contributed by atoms with Crippen LogP contribution in [0.25, 0.3) is 0 Å². The van der Waals surface area contributed by atoms with Gasteiger partial charge in [0.2, 0.25) is 0 Å². The molecule has 0 spiro atoms. The minimum Gasteiger partial charge on any atom is -0.496 e. The molecule has 20 heavy (non-hydrogen) atoms. The average Bonchev–Trinajstić information content (AvgIpc) is 2.54. The van der Waals surface area contributed by atoms with Crippen molar-refractivity contribution in [2.45, 2.75) is 50.9 Å². The molecule has 1 aromatic rings. The SMILES string of the molecule is CCc1cc(OC)c(C2(CN)CCCCC2)cc1OC. The second kappa shape index (κ2) is 6.49. The smallest absolute Gasteiger partial charge is 0.123 e. The molecule has 0 atom stereocenters. The molecule has 2 rings (SSSR count). The first-order valence-electron chi connectivity index (χ1n) is 7.66. The molecule has 1 aliphatic rings. The van der Waals surface area contributed by atoms with E-state index in [1.807, 2.05) is 0 Å². The van der Waals surface area contributed by atoms with Crippen molar-refractivity contribution in [1.82, 2.24) is 0 Å². The first-order chi connectivity index (χ1) is 9.70. The maximum absolute atomic E-state index is 6.16. The highest BCUT2D eigenvalue weighted by atomic mass is 16.5. The van der Waals surface area contributed by atoms with Gasteiger partial charge in [-0.1, -0.05) is 26.2 Å². The summed E-state index contributed by atoms with van der Waals surface area (Å²) in [6.07, 6.45) is 7.04. The monoisotopic (exact) mass is 277 g/mol. The van der Waals surface area contributed by atoms with Crippen LogP contribution in [0.2, 0.25) is 0 Å². The predicted molar refractivity (Wildman–Crippen MR) is 82.7 cm³/mol. The Morgan fingerprint density at radius 2 is 1.70 bits per heavy atom. The van der Waals surface area contributed by atoms with E-state index in [0.29, 0.717) is 6.54 Å². The molecule has 3 nitrogen and oxygen atoms in total. The zero-order valence-corrected chi connectivity index (χ0v) is 13.0. The highest BCUT2D eigenvalue weighted by Gasteiger charge is 2.35. The normalized spacial score (nSPS) is 17.8. The molecular weight excluding hydrogens is 250 g/mol. The molecule has 112 valence electrons. The third-order valence-electron chi connectivity index (χ3n) is 4.76. The molecule has 0 radical (unpaired) electrons. The van der Waals surface area contributed by atoms with Crippen LogP contribution in [-0.2, 0) is 11.8 Å². The summed E-state index contributed by atoms with van der Waals surface area (Å²) in [5.74, 6) is 1.93. The third-order valence-corrected chi connectivity index (χ3v) is 4.76. The Labute approximate surface area is 122 Å². The average molecular weight is 277 g/mol. The molecule has 0 amide bonds. The molecule has 1 aliphatic carbocycles. The number of ether oxygens (including phenoxy) is 2. The number of methoxy groups -OCH3 is 2. The van der Waals surface area contributed by atoms with Crippen LogP contribution in [0.5, 0.6) is 11.5 Å². The molecule has 0 bridgehead atoms. The molecule has 0 saturated heterocycles. The number of rotatable bonds is 5. The van der Waals surface area contributed by atoms with Crippen molar-refractivity contribution >= 4 is 0 Å². The summed E-state index contributed by atoms with van der Waals surface area (Å²) in [7, 11) is 3.48. The van der Waals surface area contributed by atoms with E-state index < -0.39 is 0 Å². The number of hydrogen-bond acceptors (Lipinski definition) is 3. The van der Waals surface area contributed by atoms with Crippen LogP contribution in [0.15, 0.2) is 12.1 Å². The van der Waals surface area contributed by atoms with Crippen molar-refractivity contribution in [2.75, 3.05) is 20.8 Å². The fourth-order valence-electron chi connectivity index (χ4n) is 3.46. The zero-order chi connectivity index (χ0) is 14.6. The van der Waals surface area contributed by atoms with Crippen LogP contribution in [0.1, 0.15) is 50.2 Å². The number of benzene rings is 1. The van der Waals surface area contributed by atoms with Gasteiger partial charge < -0.3 is 15.2 Å². The molecule has 3 heteroatoms. The Morgan fingerprint density at radius 1 is 1.05 bits per heavy atom. The van der Waals surface area contributed by atoms with Gasteiger partial charge in [-0.3, -0.25) is 0 Å². The van der Waals surface area contributed by atoms with Crippen molar-refractivity contribution in [1.29, 1.82) is 0 Å². The first-order valence-corrected chi connectivity index (χ1v) is 7.66. The lowest BCUT2D eigenvalue weighted by atomic mass is 9.69. The Bertz CT molecular complexity index is 451. The van der Waals surface area contributed by atoms with Gasteiger partial charge >= 0.3 is 0 Å². The molecule has 0 heterocycles. The fourth-order valence-corrected chi connectivity index (χ4v) is 3.46. The van der Waals surface area contributed by atoms with Gasteiger partial charge in [0.15, 0.2) is 0 Å². The number of aryl methyl sites for hydroxylation is 1. The minimum absolute atomic E-state index is 0.0587. The summed E-state index contributed by atoms with van der Waals surface area (Å²) < 4.78 is 11.2. The quantitative estimate of drug-likeness (QED) is 0.897. The number of hydrogen-bond donors (Lipinski definition) is 1. The maximum atomic E-state index is 6.16. The molecule has 0 aromatic heterocycles. The minimum atomic E-state index is 0.0587. The van der Waals surface area contributed by atoms with Crippen LogP contribution in [0.3, 0.4) is 0 Å². The molecular formula is C17H27NO2. The molecule has 2 N–H and O–H groups in total. The van der Waals surface area contributed by atoms with Gasteiger partial charge in [0.1, 0.15) is 11.5 Å². The Hall–Kier alpha value is -1.22. The summed E-state index contributed by atoms with van der Waals surface area (Å²) in [5, 5.41) is 0. The molecule has 1 fully saturated rings. The highest BCUT2D eigenvalue weighted by molar-refractivity contribution is 5.50. The fraction of sp³-hybridized carbons (Fsp3) is 0.647. The number of nitrogens with two attached hydrogens (primary N) is 1. The topological polar surface area (TPSA) is 44.5 Å². The van der Waals surface area contributed by atoms with Crippen LogP contribution in [0.4, 0.5) is 0 Å². The van der Waals surface area contributed by atoms with E-state index in [9.17, 15) is 0 Å². The Morgan fingerprint density at radius 3 is 2.20 bits per heavy atom. The lowest BCUT2D eigenvalue weighted by Crippen LogP contribution is -2.37. The molecule has 0 aliphatic heterocycles. The van der Waals surface area contributed by atoms with E-state index in [0.717, 1.165) is 30.8 Å². The lowest BCUT2D eigenvalue weighted by Gasteiger charge is -2.38. The first kappa shape index (κ1) is 15.2. The van der Waals surface area contributed by atoms with Gasteiger partial charge in [0.05, 0.1) is 14.2 Å². The van der Waals surface area contributed by atoms with Gasteiger partial charge in [0, 0.05) is 17.5 Å². The van der Waals surface area contributed by atoms with Gasteiger partial charge in [-0.25, -0.2) is 0 Å². The van der Waals surface area contributed by atoms with E-state index in [1.165, 1.54) is 30.4 Å². The molecule has 1 aromatic carbocycles. The molecule has 0 unspecified atom stereocenters. The lowest BCUT2D eigenvalue weighted by molar-refractivity contribution is 0.286. The van der Waals surface area contributed by atoms with Crippen molar-refractivity contribution in [2.24, 2.45) is 5.73 Å². The van der Waals surface area contributed by atoms with Gasteiger partial charge in [-0.15, -0.1) is 0 Å². The van der Waals surface area contributed by atoms with Gasteiger partial charge in [-0.2, -0.15) is 0 Å². The van der Waals surface area contributed by atoms with Crippen LogP contribution < -0.4 is 15.2 Å². The third kappa shape index (κ3) is 2.64. The summed E-state index contributed by atoms with van der Waals surface area (Å²) in [5.41, 5.74) is 8.64. The van der Waals surface area contributed by atoms with Gasteiger partial charge in [-0.05, 0) is 37.0 Å². The van der Waals surface area contributed by atoms with Gasteiger partial charge in [0.25, 0.3) is 0 Å². The van der Waals surface area contributed by atoms with E-state index in [4.69, 9.17) is 15.2 Å². The van der Waals surface area contributed by atoms with E-state index in [2.05, 4.69) is 19.1 Å². The second-order valence-electron chi connectivity index (χ2n) is 5.76. The van der Waals surface area contributed by atoms with E-state index in [-0.39, 0.29) is 5.41 Å².